The maximum absolute atomic E-state index is 4.49. The number of aliphatic imine (C=N–C) groups is 1. The Morgan fingerprint density at radius 1 is 1.38 bits per heavy atom. The maximum atomic E-state index is 4.49. The second kappa shape index (κ2) is 7.20. The number of aromatic nitrogens is 3. The first-order valence-electron chi connectivity index (χ1n) is 8.89. The number of nitrogens with zero attached hydrogens (tertiary/aromatic N) is 5. The molecule has 1 aliphatic rings. The zero-order valence-corrected chi connectivity index (χ0v) is 15.0. The summed E-state index contributed by atoms with van der Waals surface area (Å²) < 4.78 is 2.01. The summed E-state index contributed by atoms with van der Waals surface area (Å²) >= 11 is 0. The number of pyridine rings is 1. The van der Waals surface area contributed by atoms with E-state index in [2.05, 4.69) is 39.3 Å². The van der Waals surface area contributed by atoms with Gasteiger partial charge in [-0.2, -0.15) is 0 Å². The number of hydrogen-bond acceptors (Lipinski definition) is 3. The Labute approximate surface area is 144 Å². The van der Waals surface area contributed by atoms with Crippen molar-refractivity contribution >= 4 is 11.6 Å². The predicted octanol–water partition coefficient (Wildman–Crippen LogP) is 2.71. The minimum Gasteiger partial charge on any atom is -0.349 e. The van der Waals surface area contributed by atoms with Crippen LogP contribution < -0.4 is 5.32 Å². The van der Waals surface area contributed by atoms with Crippen LogP contribution in [0.15, 0.2) is 29.4 Å². The lowest BCUT2D eigenvalue weighted by Crippen LogP contribution is -2.49. The second-order valence-electron chi connectivity index (χ2n) is 7.03. The van der Waals surface area contributed by atoms with Crippen molar-refractivity contribution in [2.75, 3.05) is 20.1 Å². The van der Waals surface area contributed by atoms with E-state index in [-0.39, 0.29) is 0 Å². The quantitative estimate of drug-likeness (QED) is 0.692. The average molecular weight is 328 g/mol. The molecule has 3 heterocycles. The smallest absolute Gasteiger partial charge is 0.194 e. The molecule has 2 aromatic heterocycles. The highest BCUT2D eigenvalue weighted by molar-refractivity contribution is 5.80. The Kier molecular flexibility index (Phi) is 5.02. The van der Waals surface area contributed by atoms with Crippen LogP contribution in [-0.2, 0) is 6.54 Å². The van der Waals surface area contributed by atoms with Gasteiger partial charge in [-0.1, -0.05) is 26.3 Å². The van der Waals surface area contributed by atoms with Crippen LogP contribution in [0, 0.1) is 5.41 Å². The van der Waals surface area contributed by atoms with Gasteiger partial charge >= 0.3 is 0 Å². The molecule has 0 spiro atoms. The molecule has 1 unspecified atom stereocenters. The number of likely N-dealkylation sites (tertiary alicyclic amines) is 1. The van der Waals surface area contributed by atoms with Crippen LogP contribution in [0.2, 0.25) is 0 Å². The van der Waals surface area contributed by atoms with E-state index in [1.54, 1.807) is 0 Å². The summed E-state index contributed by atoms with van der Waals surface area (Å²) in [5, 5.41) is 11.9. The number of nitrogens with one attached hydrogen (secondary N) is 1. The molecule has 0 amide bonds. The first-order valence-corrected chi connectivity index (χ1v) is 8.89. The molecule has 2 aromatic rings. The minimum absolute atomic E-state index is 0.395. The lowest BCUT2D eigenvalue weighted by Gasteiger charge is -2.42. The van der Waals surface area contributed by atoms with E-state index in [1.165, 1.54) is 25.7 Å². The summed E-state index contributed by atoms with van der Waals surface area (Å²) in [6.07, 6.45) is 7.04. The Morgan fingerprint density at radius 3 is 3.04 bits per heavy atom. The van der Waals surface area contributed by atoms with Crippen LogP contribution in [0.5, 0.6) is 0 Å². The number of guanidine groups is 1. The first-order chi connectivity index (χ1) is 11.6. The molecule has 0 radical (unpaired) electrons. The van der Waals surface area contributed by atoms with Gasteiger partial charge in [-0.15, -0.1) is 10.2 Å². The van der Waals surface area contributed by atoms with Crippen LogP contribution in [0.3, 0.4) is 0 Å². The van der Waals surface area contributed by atoms with Crippen LogP contribution in [0.25, 0.3) is 5.65 Å². The summed E-state index contributed by atoms with van der Waals surface area (Å²) in [4.78, 5) is 6.88. The number of fused-ring (bicyclic) bond motifs is 1. The molecule has 1 saturated heterocycles. The number of hydrogen-bond donors (Lipinski definition) is 1. The summed E-state index contributed by atoms with van der Waals surface area (Å²) in [7, 11) is 1.86. The highest BCUT2D eigenvalue weighted by Gasteiger charge is 2.31. The topological polar surface area (TPSA) is 57.8 Å². The Morgan fingerprint density at radius 2 is 2.25 bits per heavy atom. The zero-order valence-electron chi connectivity index (χ0n) is 15.0. The SMILES string of the molecule is CCCC1(C)CCCN(C(=NC)NCc2nnc3ccccn23)C1. The van der Waals surface area contributed by atoms with Gasteiger partial charge in [0.05, 0.1) is 6.54 Å². The van der Waals surface area contributed by atoms with Gasteiger partial charge < -0.3 is 10.2 Å². The maximum Gasteiger partial charge on any atom is 0.194 e. The van der Waals surface area contributed by atoms with E-state index in [0.29, 0.717) is 12.0 Å². The van der Waals surface area contributed by atoms with E-state index in [0.717, 1.165) is 30.5 Å². The zero-order chi connectivity index (χ0) is 17.0. The Hall–Kier alpha value is -2.11. The third kappa shape index (κ3) is 3.52. The fourth-order valence-corrected chi connectivity index (χ4v) is 3.81. The molecular formula is C18H28N6. The molecule has 130 valence electrons. The minimum atomic E-state index is 0.395. The van der Waals surface area contributed by atoms with Crippen LogP contribution in [0.4, 0.5) is 0 Å². The molecule has 3 rings (SSSR count). The molecule has 1 aliphatic heterocycles. The normalized spacial score (nSPS) is 22.1. The average Bonchev–Trinajstić information content (AvgIpc) is 2.99. The molecule has 0 aliphatic carbocycles. The number of rotatable bonds is 4. The lowest BCUT2D eigenvalue weighted by atomic mass is 9.78. The number of piperidine rings is 1. The van der Waals surface area contributed by atoms with Crippen molar-refractivity contribution in [1.82, 2.24) is 24.8 Å². The summed E-state index contributed by atoms with van der Waals surface area (Å²) in [6.45, 7) is 7.44. The van der Waals surface area contributed by atoms with Crippen LogP contribution in [-0.4, -0.2) is 45.6 Å². The standard InChI is InChI=1S/C18H28N6/c1-4-9-18(2)10-7-11-23(14-18)17(19-3)20-13-16-22-21-15-8-5-6-12-24(15)16/h5-6,8,12H,4,7,9-11,13-14H2,1-3H3,(H,19,20). The molecule has 1 fully saturated rings. The van der Waals surface area contributed by atoms with Gasteiger partial charge in [0.25, 0.3) is 0 Å². The van der Waals surface area contributed by atoms with Gasteiger partial charge in [-0.25, -0.2) is 0 Å². The van der Waals surface area contributed by atoms with Gasteiger partial charge in [0.15, 0.2) is 17.4 Å². The van der Waals surface area contributed by atoms with Crippen molar-refractivity contribution in [2.45, 2.75) is 46.1 Å². The third-order valence-corrected chi connectivity index (χ3v) is 4.93. The van der Waals surface area contributed by atoms with E-state index < -0.39 is 0 Å². The first kappa shape index (κ1) is 16.7. The van der Waals surface area contributed by atoms with Crippen LogP contribution in [0.1, 0.15) is 45.4 Å². The Bertz CT molecular complexity index is 702. The van der Waals surface area contributed by atoms with E-state index in [9.17, 15) is 0 Å². The second-order valence-corrected chi connectivity index (χ2v) is 7.03. The summed E-state index contributed by atoms with van der Waals surface area (Å²) in [5.74, 6) is 1.87. The highest BCUT2D eigenvalue weighted by Crippen LogP contribution is 2.33. The molecule has 1 atom stereocenters. The molecular weight excluding hydrogens is 300 g/mol. The van der Waals surface area contributed by atoms with E-state index in [1.807, 2.05) is 35.8 Å². The molecule has 24 heavy (non-hydrogen) atoms. The van der Waals surface area contributed by atoms with Gasteiger partial charge in [0, 0.05) is 26.3 Å². The van der Waals surface area contributed by atoms with Gasteiger partial charge in [-0.05, 0) is 36.8 Å². The molecule has 0 aromatic carbocycles. The van der Waals surface area contributed by atoms with Crippen molar-refractivity contribution in [2.24, 2.45) is 10.4 Å². The largest absolute Gasteiger partial charge is 0.349 e. The Balaban J connectivity index is 1.67. The van der Waals surface area contributed by atoms with Gasteiger partial charge in [0.2, 0.25) is 0 Å². The van der Waals surface area contributed by atoms with Gasteiger partial charge in [-0.3, -0.25) is 9.39 Å². The lowest BCUT2D eigenvalue weighted by molar-refractivity contribution is 0.142. The fourth-order valence-electron chi connectivity index (χ4n) is 3.81. The molecule has 1 N–H and O–H groups in total. The highest BCUT2D eigenvalue weighted by atomic mass is 15.3. The fraction of sp³-hybridized carbons (Fsp3) is 0.611. The van der Waals surface area contributed by atoms with Crippen molar-refractivity contribution in [3.63, 3.8) is 0 Å². The monoisotopic (exact) mass is 328 g/mol. The molecule has 0 saturated carbocycles. The van der Waals surface area contributed by atoms with Crippen molar-refractivity contribution in [3.05, 3.63) is 30.2 Å². The van der Waals surface area contributed by atoms with E-state index in [4.69, 9.17) is 0 Å². The third-order valence-electron chi connectivity index (χ3n) is 4.93. The van der Waals surface area contributed by atoms with Gasteiger partial charge in [0.1, 0.15) is 0 Å². The van der Waals surface area contributed by atoms with Crippen molar-refractivity contribution < 1.29 is 0 Å². The molecule has 6 nitrogen and oxygen atoms in total. The van der Waals surface area contributed by atoms with Crippen LogP contribution >= 0.6 is 0 Å². The summed E-state index contributed by atoms with van der Waals surface area (Å²) in [5.41, 5.74) is 1.27. The molecule has 6 heteroatoms. The van der Waals surface area contributed by atoms with E-state index >= 15 is 0 Å². The summed E-state index contributed by atoms with van der Waals surface area (Å²) in [6, 6.07) is 5.93. The predicted molar refractivity (Wildman–Crippen MR) is 97.0 cm³/mol. The molecule has 0 bridgehead atoms. The van der Waals surface area contributed by atoms with Crippen molar-refractivity contribution in [3.8, 4) is 0 Å². The van der Waals surface area contributed by atoms with Crippen molar-refractivity contribution in [1.29, 1.82) is 0 Å².